The van der Waals surface area contributed by atoms with Crippen LogP contribution in [0.1, 0.15) is 32.3 Å². The first-order valence-electron chi connectivity index (χ1n) is 10.6. The molecule has 29 heavy (non-hydrogen) atoms. The van der Waals surface area contributed by atoms with Crippen LogP contribution in [0.25, 0.3) is 0 Å². The lowest BCUT2D eigenvalue weighted by atomic mass is 9.85. The molecule has 1 aliphatic heterocycles. The predicted molar refractivity (Wildman–Crippen MR) is 112 cm³/mol. The van der Waals surface area contributed by atoms with E-state index in [1.165, 1.54) is 4.90 Å². The van der Waals surface area contributed by atoms with E-state index in [1.54, 1.807) is 0 Å². The summed E-state index contributed by atoms with van der Waals surface area (Å²) in [4.78, 5) is 41.4. The molecular formula is C23H29N3O3. The zero-order valence-corrected chi connectivity index (χ0v) is 17.4. The van der Waals surface area contributed by atoms with E-state index in [4.69, 9.17) is 0 Å². The fourth-order valence-corrected chi connectivity index (χ4v) is 5.18. The summed E-state index contributed by atoms with van der Waals surface area (Å²) in [6, 6.07) is 5.99. The van der Waals surface area contributed by atoms with Gasteiger partial charge < -0.3 is 10.2 Å². The highest BCUT2D eigenvalue weighted by Gasteiger charge is 2.59. The van der Waals surface area contributed by atoms with E-state index in [2.05, 4.69) is 42.3 Å². The van der Waals surface area contributed by atoms with Crippen molar-refractivity contribution in [2.24, 2.45) is 23.7 Å². The third kappa shape index (κ3) is 3.34. The van der Waals surface area contributed by atoms with Gasteiger partial charge in [0.25, 0.3) is 0 Å². The van der Waals surface area contributed by atoms with Gasteiger partial charge in [-0.05, 0) is 62.8 Å². The molecule has 4 atom stereocenters. The summed E-state index contributed by atoms with van der Waals surface area (Å²) in [6.45, 7) is 8.22. The second-order valence-electron chi connectivity index (χ2n) is 8.30. The molecule has 154 valence electrons. The summed E-state index contributed by atoms with van der Waals surface area (Å²) in [5.41, 5.74) is 2.89. The van der Waals surface area contributed by atoms with Gasteiger partial charge in [0.2, 0.25) is 17.7 Å². The van der Waals surface area contributed by atoms with Crippen LogP contribution in [0, 0.1) is 30.6 Å². The second-order valence-corrected chi connectivity index (χ2v) is 8.30. The Bertz CT molecular complexity index is 844. The van der Waals surface area contributed by atoms with Gasteiger partial charge in [0.15, 0.2) is 0 Å². The minimum absolute atomic E-state index is 0.0931. The first-order valence-corrected chi connectivity index (χ1v) is 10.6. The average Bonchev–Trinajstić information content (AvgIpc) is 3.38. The number of hydrogen-bond donors (Lipinski definition) is 1. The Morgan fingerprint density at radius 1 is 1.10 bits per heavy atom. The van der Waals surface area contributed by atoms with Crippen molar-refractivity contribution in [3.8, 4) is 0 Å². The minimum atomic E-state index is -0.199. The lowest BCUT2D eigenvalue weighted by Gasteiger charge is -2.22. The number of carbonyl (C=O) groups is 3. The number of imide groups is 1. The van der Waals surface area contributed by atoms with Crippen molar-refractivity contribution in [3.05, 3.63) is 35.9 Å². The predicted octanol–water partition coefficient (Wildman–Crippen LogP) is 2.98. The number of aryl methyl sites for hydroxylation is 1. The fraction of sp³-hybridized carbons (Fsp3) is 0.522. The molecule has 1 saturated heterocycles. The van der Waals surface area contributed by atoms with Gasteiger partial charge in [-0.15, -0.1) is 0 Å². The Hall–Kier alpha value is -2.63. The van der Waals surface area contributed by atoms with Crippen LogP contribution in [-0.4, -0.2) is 42.3 Å². The summed E-state index contributed by atoms with van der Waals surface area (Å²) < 4.78 is 0. The Morgan fingerprint density at radius 2 is 1.72 bits per heavy atom. The van der Waals surface area contributed by atoms with E-state index >= 15 is 0 Å². The highest BCUT2D eigenvalue weighted by Crippen LogP contribution is 2.52. The van der Waals surface area contributed by atoms with Crippen LogP contribution in [0.2, 0.25) is 0 Å². The van der Waals surface area contributed by atoms with E-state index < -0.39 is 0 Å². The molecule has 1 saturated carbocycles. The first kappa shape index (κ1) is 19.7. The van der Waals surface area contributed by atoms with Crippen molar-refractivity contribution in [3.63, 3.8) is 0 Å². The molecule has 0 radical (unpaired) electrons. The number of amides is 3. The van der Waals surface area contributed by atoms with Gasteiger partial charge in [-0.2, -0.15) is 0 Å². The number of fused-ring (bicyclic) bond motifs is 5. The van der Waals surface area contributed by atoms with E-state index in [-0.39, 0.29) is 54.4 Å². The van der Waals surface area contributed by atoms with E-state index in [0.29, 0.717) is 0 Å². The molecule has 1 heterocycles. The van der Waals surface area contributed by atoms with Crippen LogP contribution in [0.5, 0.6) is 0 Å². The molecule has 1 aromatic rings. The van der Waals surface area contributed by atoms with Gasteiger partial charge in [-0.1, -0.05) is 12.2 Å². The molecule has 6 nitrogen and oxygen atoms in total. The first-order chi connectivity index (χ1) is 13.9. The average molecular weight is 396 g/mol. The van der Waals surface area contributed by atoms with Gasteiger partial charge in [0.1, 0.15) is 0 Å². The largest absolute Gasteiger partial charge is 0.372 e. The molecule has 3 amide bonds. The fourth-order valence-electron chi connectivity index (χ4n) is 5.18. The lowest BCUT2D eigenvalue weighted by Crippen LogP contribution is -2.35. The number of nitrogens with one attached hydrogen (secondary N) is 1. The Kier molecular flexibility index (Phi) is 5.19. The smallest absolute Gasteiger partial charge is 0.233 e. The lowest BCUT2D eigenvalue weighted by molar-refractivity contribution is -0.140. The maximum Gasteiger partial charge on any atom is 0.233 e. The molecule has 6 heteroatoms. The monoisotopic (exact) mass is 395 g/mol. The number of hydrogen-bond acceptors (Lipinski definition) is 4. The van der Waals surface area contributed by atoms with Gasteiger partial charge in [0.05, 0.1) is 11.8 Å². The van der Waals surface area contributed by atoms with Crippen molar-refractivity contribution in [2.45, 2.75) is 33.6 Å². The topological polar surface area (TPSA) is 69.7 Å². The highest BCUT2D eigenvalue weighted by atomic mass is 16.2. The Morgan fingerprint density at radius 3 is 2.28 bits per heavy atom. The van der Waals surface area contributed by atoms with Gasteiger partial charge >= 0.3 is 0 Å². The number of anilines is 2. The summed E-state index contributed by atoms with van der Waals surface area (Å²) in [7, 11) is 0. The summed E-state index contributed by atoms with van der Waals surface area (Å²) in [5, 5.41) is 2.93. The van der Waals surface area contributed by atoms with Crippen molar-refractivity contribution in [1.82, 2.24) is 4.90 Å². The van der Waals surface area contributed by atoms with Crippen LogP contribution in [0.4, 0.5) is 11.4 Å². The number of allylic oxidation sites excluding steroid dienone is 2. The van der Waals surface area contributed by atoms with E-state index in [1.807, 2.05) is 19.1 Å². The number of carbonyl (C=O) groups excluding carboxylic acids is 3. The SMILES string of the molecule is CCN(CC)c1ccc(NC(=O)CCN2C(=O)C3C4C=CC(C4)C3C2=O)c(C)c1. The number of rotatable bonds is 7. The van der Waals surface area contributed by atoms with Crippen molar-refractivity contribution < 1.29 is 14.4 Å². The quantitative estimate of drug-likeness (QED) is 0.569. The number of likely N-dealkylation sites (tertiary alicyclic amines) is 1. The molecule has 1 aromatic carbocycles. The van der Waals surface area contributed by atoms with Crippen molar-refractivity contribution >= 4 is 29.1 Å². The Labute approximate surface area is 171 Å². The van der Waals surface area contributed by atoms with Crippen LogP contribution < -0.4 is 10.2 Å². The van der Waals surface area contributed by atoms with Gasteiger partial charge in [-0.3, -0.25) is 19.3 Å². The normalized spacial score (nSPS) is 26.9. The maximum atomic E-state index is 12.7. The number of benzene rings is 1. The standard InChI is InChI=1S/C23H29N3O3/c1-4-25(5-2)17-8-9-18(14(3)12-17)24-19(27)10-11-26-22(28)20-15-6-7-16(13-15)21(20)23(26)29/h6-9,12,15-16,20-21H,4-5,10-11,13H2,1-3H3,(H,24,27). The summed E-state index contributed by atoms with van der Waals surface area (Å²) in [5.74, 6) is -0.360. The summed E-state index contributed by atoms with van der Waals surface area (Å²) in [6.07, 6.45) is 5.20. The van der Waals surface area contributed by atoms with Crippen molar-refractivity contribution in [2.75, 3.05) is 29.9 Å². The molecular weight excluding hydrogens is 366 g/mol. The second kappa shape index (κ2) is 7.65. The molecule has 0 aromatic heterocycles. The van der Waals surface area contributed by atoms with Gasteiger partial charge in [-0.25, -0.2) is 0 Å². The molecule has 1 N–H and O–H groups in total. The van der Waals surface area contributed by atoms with Crippen LogP contribution in [0.15, 0.2) is 30.4 Å². The van der Waals surface area contributed by atoms with Crippen LogP contribution in [-0.2, 0) is 14.4 Å². The van der Waals surface area contributed by atoms with Crippen molar-refractivity contribution in [1.29, 1.82) is 0 Å². The van der Waals surface area contributed by atoms with E-state index in [9.17, 15) is 14.4 Å². The number of nitrogens with zero attached hydrogens (tertiary/aromatic N) is 2. The summed E-state index contributed by atoms with van der Waals surface area (Å²) >= 11 is 0. The molecule has 2 fully saturated rings. The molecule has 0 spiro atoms. The molecule has 4 unspecified atom stereocenters. The third-order valence-electron chi connectivity index (χ3n) is 6.74. The Balaban J connectivity index is 1.35. The molecule has 2 aliphatic carbocycles. The van der Waals surface area contributed by atoms with Crippen LogP contribution >= 0.6 is 0 Å². The molecule has 3 aliphatic rings. The maximum absolute atomic E-state index is 12.7. The minimum Gasteiger partial charge on any atom is -0.372 e. The zero-order chi connectivity index (χ0) is 20.7. The third-order valence-corrected chi connectivity index (χ3v) is 6.74. The van der Waals surface area contributed by atoms with Gasteiger partial charge in [0, 0.05) is 37.4 Å². The zero-order valence-electron chi connectivity index (χ0n) is 17.4. The highest BCUT2D eigenvalue weighted by molar-refractivity contribution is 6.06. The molecule has 4 rings (SSSR count). The van der Waals surface area contributed by atoms with E-state index in [0.717, 1.165) is 36.4 Å². The van der Waals surface area contributed by atoms with Crippen LogP contribution in [0.3, 0.4) is 0 Å². The molecule has 2 bridgehead atoms.